The first-order chi connectivity index (χ1) is 9.26. The second-order valence-electron chi connectivity index (χ2n) is 4.32. The van der Waals surface area contributed by atoms with Crippen LogP contribution in [0.5, 0.6) is 11.5 Å². The first kappa shape index (κ1) is 13.7. The van der Waals surface area contributed by atoms with Crippen LogP contribution in [0.2, 0.25) is 0 Å². The maximum absolute atomic E-state index is 12.3. The molecule has 5 heteroatoms. The zero-order chi connectivity index (χ0) is 13.7. The minimum atomic E-state index is -0.104. The Bertz CT molecular complexity index is 447. The summed E-state index contributed by atoms with van der Waals surface area (Å²) in [5.74, 6) is 1.19. The molecule has 1 heterocycles. The van der Waals surface area contributed by atoms with E-state index in [2.05, 4.69) is 0 Å². The van der Waals surface area contributed by atoms with Gasteiger partial charge in [0.25, 0.3) is 5.91 Å². The first-order valence-corrected chi connectivity index (χ1v) is 6.56. The molecule has 1 N–H and O–H groups in total. The summed E-state index contributed by atoms with van der Waals surface area (Å²) in [6.07, 6.45) is 0.837. The van der Waals surface area contributed by atoms with Crippen LogP contribution in [0.15, 0.2) is 18.2 Å². The Hall–Kier alpha value is -1.75. The lowest BCUT2D eigenvalue weighted by Gasteiger charge is -2.20. The topological polar surface area (TPSA) is 59.0 Å². The Labute approximate surface area is 112 Å². The van der Waals surface area contributed by atoms with Crippen LogP contribution in [-0.4, -0.2) is 48.8 Å². The van der Waals surface area contributed by atoms with Gasteiger partial charge in [0, 0.05) is 25.1 Å². The number of hydrogen-bond acceptors (Lipinski definition) is 4. The number of nitrogens with zero attached hydrogens (tertiary/aromatic N) is 1. The van der Waals surface area contributed by atoms with E-state index in [9.17, 15) is 4.79 Å². The molecule has 0 unspecified atom stereocenters. The van der Waals surface area contributed by atoms with Gasteiger partial charge in [0.1, 0.15) is 0 Å². The van der Waals surface area contributed by atoms with Crippen molar-refractivity contribution in [1.82, 2.24) is 4.90 Å². The normalized spacial score (nSPS) is 13.8. The number of amides is 1. The highest BCUT2D eigenvalue weighted by atomic mass is 16.5. The van der Waals surface area contributed by atoms with E-state index in [4.69, 9.17) is 14.6 Å². The number of carbonyl (C=O) groups excluding carboxylic acids is 1. The number of likely N-dealkylation sites (N-methyl/N-ethyl adjacent to an activating group) is 1. The largest absolute Gasteiger partial charge is 0.490 e. The molecule has 0 aliphatic carbocycles. The molecule has 0 aromatic heterocycles. The van der Waals surface area contributed by atoms with Gasteiger partial charge in [-0.1, -0.05) is 0 Å². The van der Waals surface area contributed by atoms with Crippen molar-refractivity contribution in [2.45, 2.75) is 13.3 Å². The number of rotatable bonds is 4. The molecule has 0 bridgehead atoms. The Balaban J connectivity index is 2.20. The average Bonchev–Trinajstić information content (AvgIpc) is 2.68. The van der Waals surface area contributed by atoms with Crippen LogP contribution in [0.3, 0.4) is 0 Å². The molecule has 0 saturated carbocycles. The third kappa shape index (κ3) is 3.17. The van der Waals surface area contributed by atoms with Crippen molar-refractivity contribution in [3.63, 3.8) is 0 Å². The van der Waals surface area contributed by atoms with Gasteiger partial charge in [-0.3, -0.25) is 4.79 Å². The second-order valence-corrected chi connectivity index (χ2v) is 4.32. The minimum absolute atomic E-state index is 0.0376. The molecule has 104 valence electrons. The van der Waals surface area contributed by atoms with Crippen LogP contribution in [0.1, 0.15) is 23.7 Å². The van der Waals surface area contributed by atoms with E-state index < -0.39 is 0 Å². The zero-order valence-electron chi connectivity index (χ0n) is 11.1. The quantitative estimate of drug-likeness (QED) is 0.891. The Morgan fingerprint density at radius 3 is 2.74 bits per heavy atom. The first-order valence-electron chi connectivity index (χ1n) is 6.56. The maximum Gasteiger partial charge on any atom is 0.254 e. The van der Waals surface area contributed by atoms with Crippen LogP contribution in [0.25, 0.3) is 0 Å². The number of carbonyl (C=O) groups is 1. The standard InChI is InChI=1S/C14H19NO4/c1-2-15(6-7-16)14(17)11-4-5-12-13(10-11)19-9-3-8-18-12/h4-5,10,16H,2-3,6-9H2,1H3. The molecule has 1 amide bonds. The molecule has 0 fully saturated rings. The van der Waals surface area contributed by atoms with Gasteiger partial charge in [-0.05, 0) is 25.1 Å². The van der Waals surface area contributed by atoms with Crippen LogP contribution >= 0.6 is 0 Å². The van der Waals surface area contributed by atoms with Gasteiger partial charge < -0.3 is 19.5 Å². The predicted octanol–water partition coefficient (Wildman–Crippen LogP) is 1.30. The van der Waals surface area contributed by atoms with Gasteiger partial charge in [-0.2, -0.15) is 0 Å². The number of fused-ring (bicyclic) bond motifs is 1. The van der Waals surface area contributed by atoms with Crippen molar-refractivity contribution in [3.05, 3.63) is 23.8 Å². The van der Waals surface area contributed by atoms with Gasteiger partial charge in [-0.25, -0.2) is 0 Å². The third-order valence-electron chi connectivity index (χ3n) is 3.03. The van der Waals surface area contributed by atoms with Crippen molar-refractivity contribution < 1.29 is 19.4 Å². The van der Waals surface area contributed by atoms with Crippen LogP contribution < -0.4 is 9.47 Å². The highest BCUT2D eigenvalue weighted by Crippen LogP contribution is 2.30. The van der Waals surface area contributed by atoms with E-state index >= 15 is 0 Å². The molecule has 5 nitrogen and oxygen atoms in total. The maximum atomic E-state index is 12.3. The summed E-state index contributed by atoms with van der Waals surface area (Å²) in [7, 11) is 0. The van der Waals surface area contributed by atoms with Gasteiger partial charge >= 0.3 is 0 Å². The van der Waals surface area contributed by atoms with E-state index in [0.29, 0.717) is 43.4 Å². The fourth-order valence-electron chi connectivity index (χ4n) is 2.00. The van der Waals surface area contributed by atoms with E-state index in [1.54, 1.807) is 23.1 Å². The summed E-state index contributed by atoms with van der Waals surface area (Å²) in [5.41, 5.74) is 0.555. The monoisotopic (exact) mass is 265 g/mol. The number of aliphatic hydroxyl groups excluding tert-OH is 1. The van der Waals surface area contributed by atoms with Crippen molar-refractivity contribution >= 4 is 5.91 Å². The fraction of sp³-hybridized carbons (Fsp3) is 0.500. The van der Waals surface area contributed by atoms with E-state index in [-0.39, 0.29) is 12.5 Å². The lowest BCUT2D eigenvalue weighted by molar-refractivity contribution is 0.0731. The van der Waals surface area contributed by atoms with Gasteiger partial charge in [0.05, 0.1) is 19.8 Å². The average molecular weight is 265 g/mol. The number of benzene rings is 1. The van der Waals surface area contributed by atoms with Crippen LogP contribution in [-0.2, 0) is 0 Å². The second kappa shape index (κ2) is 6.43. The summed E-state index contributed by atoms with van der Waals surface area (Å²) in [6.45, 7) is 3.98. The number of ether oxygens (including phenoxy) is 2. The molecule has 0 saturated heterocycles. The summed E-state index contributed by atoms with van der Waals surface area (Å²) >= 11 is 0. The third-order valence-corrected chi connectivity index (χ3v) is 3.03. The van der Waals surface area contributed by atoms with Crippen LogP contribution in [0, 0.1) is 0 Å². The predicted molar refractivity (Wildman–Crippen MR) is 70.7 cm³/mol. The van der Waals surface area contributed by atoms with Crippen molar-refractivity contribution in [2.24, 2.45) is 0 Å². The fourth-order valence-corrected chi connectivity index (χ4v) is 2.00. The van der Waals surface area contributed by atoms with Gasteiger partial charge in [-0.15, -0.1) is 0 Å². The Morgan fingerprint density at radius 1 is 1.32 bits per heavy atom. The highest BCUT2D eigenvalue weighted by molar-refractivity contribution is 5.95. The van der Waals surface area contributed by atoms with Crippen LogP contribution in [0.4, 0.5) is 0 Å². The molecule has 19 heavy (non-hydrogen) atoms. The molecule has 0 radical (unpaired) electrons. The van der Waals surface area contributed by atoms with Crippen molar-refractivity contribution in [3.8, 4) is 11.5 Å². The van der Waals surface area contributed by atoms with Gasteiger partial charge in [0.2, 0.25) is 0 Å². The molecule has 1 aromatic rings. The Morgan fingerprint density at radius 2 is 2.05 bits per heavy atom. The molecule has 1 aliphatic heterocycles. The number of hydrogen-bond donors (Lipinski definition) is 1. The molecule has 1 aliphatic rings. The summed E-state index contributed by atoms with van der Waals surface area (Å²) in [4.78, 5) is 13.9. The Kier molecular flexibility index (Phi) is 4.63. The smallest absolute Gasteiger partial charge is 0.254 e. The molecule has 2 rings (SSSR count). The SMILES string of the molecule is CCN(CCO)C(=O)c1ccc2c(c1)OCCCO2. The zero-order valence-corrected chi connectivity index (χ0v) is 11.1. The van der Waals surface area contributed by atoms with Crippen molar-refractivity contribution in [2.75, 3.05) is 32.9 Å². The highest BCUT2D eigenvalue weighted by Gasteiger charge is 2.17. The van der Waals surface area contributed by atoms with E-state index in [1.165, 1.54) is 0 Å². The molecule has 0 spiro atoms. The molecular weight excluding hydrogens is 246 g/mol. The summed E-state index contributed by atoms with van der Waals surface area (Å²) in [6, 6.07) is 5.21. The van der Waals surface area contributed by atoms with Crippen molar-refractivity contribution in [1.29, 1.82) is 0 Å². The molecule has 1 aromatic carbocycles. The minimum Gasteiger partial charge on any atom is -0.490 e. The molecular formula is C14H19NO4. The van der Waals surface area contributed by atoms with E-state index in [1.807, 2.05) is 6.92 Å². The number of aliphatic hydroxyl groups is 1. The van der Waals surface area contributed by atoms with E-state index in [0.717, 1.165) is 6.42 Å². The lowest BCUT2D eigenvalue weighted by Crippen LogP contribution is -2.33. The van der Waals surface area contributed by atoms with Gasteiger partial charge in [0.15, 0.2) is 11.5 Å². The summed E-state index contributed by atoms with van der Waals surface area (Å²) in [5, 5.41) is 8.95. The lowest BCUT2D eigenvalue weighted by atomic mass is 10.1. The molecule has 0 atom stereocenters. The summed E-state index contributed by atoms with van der Waals surface area (Å²) < 4.78 is 11.1.